The number of anilines is 2. The molecule has 0 radical (unpaired) electrons. The highest BCUT2D eigenvalue weighted by Gasteiger charge is 2.31. The lowest BCUT2D eigenvalue weighted by atomic mass is 10.1. The second-order valence-electron chi connectivity index (χ2n) is 5.91. The summed E-state index contributed by atoms with van der Waals surface area (Å²) in [6, 6.07) is 17.3. The molecule has 0 saturated heterocycles. The molecule has 0 aliphatic carbocycles. The maximum atomic E-state index is 12.6. The average molecular weight is 308 g/mol. The molecule has 0 saturated carbocycles. The molecule has 1 atom stereocenters. The van der Waals surface area contributed by atoms with E-state index in [1.807, 2.05) is 61.5 Å². The van der Waals surface area contributed by atoms with E-state index in [-0.39, 0.29) is 24.3 Å². The van der Waals surface area contributed by atoms with Crippen LogP contribution in [-0.2, 0) is 16.0 Å². The summed E-state index contributed by atoms with van der Waals surface area (Å²) in [5.41, 5.74) is 2.89. The summed E-state index contributed by atoms with van der Waals surface area (Å²) in [6.45, 7) is 2.02. The van der Waals surface area contributed by atoms with Gasteiger partial charge in [-0.3, -0.25) is 9.59 Å². The summed E-state index contributed by atoms with van der Waals surface area (Å²) in [5.74, 6) is -0.340. The standard InChI is InChI=1S/C19H20N2O2/c1-14-12-15-8-6-7-11-17(15)21(14)19(23)13-18(22)20(2)16-9-4-3-5-10-16/h3-11,14H,12-13H2,1-2H3. The zero-order valence-corrected chi connectivity index (χ0v) is 13.4. The van der Waals surface area contributed by atoms with Crippen molar-refractivity contribution in [2.24, 2.45) is 0 Å². The molecule has 4 nitrogen and oxygen atoms in total. The smallest absolute Gasteiger partial charge is 0.236 e. The van der Waals surface area contributed by atoms with Gasteiger partial charge in [-0.1, -0.05) is 36.4 Å². The fourth-order valence-electron chi connectivity index (χ4n) is 3.07. The van der Waals surface area contributed by atoms with Crippen LogP contribution in [0.4, 0.5) is 11.4 Å². The van der Waals surface area contributed by atoms with Crippen molar-refractivity contribution in [3.63, 3.8) is 0 Å². The molecule has 1 heterocycles. The average Bonchev–Trinajstić information content (AvgIpc) is 2.90. The van der Waals surface area contributed by atoms with Gasteiger partial charge < -0.3 is 9.80 Å². The van der Waals surface area contributed by atoms with E-state index in [9.17, 15) is 9.59 Å². The number of carbonyl (C=O) groups excluding carboxylic acids is 2. The van der Waals surface area contributed by atoms with E-state index < -0.39 is 0 Å². The first kappa shape index (κ1) is 15.3. The number of rotatable bonds is 3. The van der Waals surface area contributed by atoms with Crippen LogP contribution in [-0.4, -0.2) is 24.9 Å². The third kappa shape index (κ3) is 2.97. The molecule has 4 heteroatoms. The minimum Gasteiger partial charge on any atom is -0.315 e. The summed E-state index contributed by atoms with van der Waals surface area (Å²) < 4.78 is 0. The third-order valence-corrected chi connectivity index (χ3v) is 4.30. The lowest BCUT2D eigenvalue weighted by Crippen LogP contribution is -2.39. The lowest BCUT2D eigenvalue weighted by Gasteiger charge is -2.24. The van der Waals surface area contributed by atoms with Crippen LogP contribution >= 0.6 is 0 Å². The van der Waals surface area contributed by atoms with Gasteiger partial charge in [0.1, 0.15) is 6.42 Å². The van der Waals surface area contributed by atoms with Crippen LogP contribution in [0.15, 0.2) is 54.6 Å². The van der Waals surface area contributed by atoms with Crippen molar-refractivity contribution < 1.29 is 9.59 Å². The first-order chi connectivity index (χ1) is 11.1. The molecule has 2 aromatic rings. The molecule has 1 aliphatic rings. The number of carbonyl (C=O) groups is 2. The predicted molar refractivity (Wildman–Crippen MR) is 91.6 cm³/mol. The molecule has 0 spiro atoms. The van der Waals surface area contributed by atoms with Crippen molar-refractivity contribution in [1.82, 2.24) is 0 Å². The molecule has 2 amide bonds. The largest absolute Gasteiger partial charge is 0.315 e. The van der Waals surface area contributed by atoms with Gasteiger partial charge >= 0.3 is 0 Å². The van der Waals surface area contributed by atoms with Gasteiger partial charge in [-0.15, -0.1) is 0 Å². The highest BCUT2D eigenvalue weighted by molar-refractivity contribution is 6.10. The molecule has 1 unspecified atom stereocenters. The number of hydrogen-bond donors (Lipinski definition) is 0. The molecule has 0 bridgehead atoms. The van der Waals surface area contributed by atoms with E-state index in [1.54, 1.807) is 11.9 Å². The Morgan fingerprint density at radius 1 is 1.09 bits per heavy atom. The number of benzene rings is 2. The number of hydrogen-bond acceptors (Lipinski definition) is 2. The van der Waals surface area contributed by atoms with Crippen molar-refractivity contribution in [2.45, 2.75) is 25.8 Å². The first-order valence-corrected chi connectivity index (χ1v) is 7.79. The van der Waals surface area contributed by atoms with E-state index in [0.717, 1.165) is 23.4 Å². The van der Waals surface area contributed by atoms with Gasteiger partial charge in [0.15, 0.2) is 0 Å². The van der Waals surface area contributed by atoms with Gasteiger partial charge in [0.2, 0.25) is 11.8 Å². The van der Waals surface area contributed by atoms with Crippen molar-refractivity contribution >= 4 is 23.2 Å². The minimum absolute atomic E-state index is 0.0923. The monoisotopic (exact) mass is 308 g/mol. The predicted octanol–water partition coefficient (Wildman–Crippen LogP) is 3.02. The Labute approximate surface area is 136 Å². The van der Waals surface area contributed by atoms with Gasteiger partial charge in [0.05, 0.1) is 0 Å². The van der Waals surface area contributed by atoms with E-state index >= 15 is 0 Å². The van der Waals surface area contributed by atoms with Gasteiger partial charge in [0.25, 0.3) is 0 Å². The van der Waals surface area contributed by atoms with Crippen molar-refractivity contribution in [3.05, 3.63) is 60.2 Å². The lowest BCUT2D eigenvalue weighted by molar-refractivity contribution is -0.126. The molecule has 0 aromatic heterocycles. The van der Waals surface area contributed by atoms with Crippen LogP contribution in [0.2, 0.25) is 0 Å². The summed E-state index contributed by atoms with van der Waals surface area (Å²) in [4.78, 5) is 28.3. The van der Waals surface area contributed by atoms with Crippen LogP contribution < -0.4 is 9.80 Å². The summed E-state index contributed by atoms with van der Waals surface area (Å²) >= 11 is 0. The van der Waals surface area contributed by atoms with Crippen LogP contribution in [0.1, 0.15) is 18.9 Å². The van der Waals surface area contributed by atoms with Gasteiger partial charge in [-0.25, -0.2) is 0 Å². The third-order valence-electron chi connectivity index (χ3n) is 4.30. The molecular weight excluding hydrogens is 288 g/mol. The Bertz CT molecular complexity index is 727. The second-order valence-corrected chi connectivity index (χ2v) is 5.91. The topological polar surface area (TPSA) is 40.6 Å². The Kier molecular flexibility index (Phi) is 4.15. The first-order valence-electron chi connectivity index (χ1n) is 7.79. The van der Waals surface area contributed by atoms with Gasteiger partial charge in [-0.05, 0) is 37.1 Å². The van der Waals surface area contributed by atoms with E-state index in [2.05, 4.69) is 0 Å². The van der Waals surface area contributed by atoms with Crippen LogP contribution in [0.5, 0.6) is 0 Å². The summed E-state index contributed by atoms with van der Waals surface area (Å²) in [6.07, 6.45) is 0.717. The van der Waals surface area contributed by atoms with Crippen molar-refractivity contribution in [2.75, 3.05) is 16.8 Å². The Morgan fingerprint density at radius 2 is 1.74 bits per heavy atom. The van der Waals surface area contributed by atoms with Crippen molar-refractivity contribution in [3.8, 4) is 0 Å². The highest BCUT2D eigenvalue weighted by atomic mass is 16.2. The summed E-state index contributed by atoms with van der Waals surface area (Å²) in [7, 11) is 1.70. The Morgan fingerprint density at radius 3 is 2.48 bits per heavy atom. The fraction of sp³-hybridized carbons (Fsp3) is 0.263. The highest BCUT2D eigenvalue weighted by Crippen LogP contribution is 2.32. The fourth-order valence-corrected chi connectivity index (χ4v) is 3.07. The zero-order chi connectivity index (χ0) is 16.4. The number of nitrogens with zero attached hydrogens (tertiary/aromatic N) is 2. The quantitative estimate of drug-likeness (QED) is 0.818. The van der Waals surface area contributed by atoms with Crippen LogP contribution in [0, 0.1) is 0 Å². The second kappa shape index (κ2) is 6.24. The molecule has 23 heavy (non-hydrogen) atoms. The Hall–Kier alpha value is -2.62. The normalized spacial score (nSPS) is 16.1. The van der Waals surface area contributed by atoms with E-state index in [4.69, 9.17) is 0 Å². The Balaban J connectivity index is 1.73. The molecule has 3 rings (SSSR count). The van der Waals surface area contributed by atoms with E-state index in [0.29, 0.717) is 0 Å². The zero-order valence-electron chi connectivity index (χ0n) is 13.4. The van der Waals surface area contributed by atoms with Crippen molar-refractivity contribution in [1.29, 1.82) is 0 Å². The maximum absolute atomic E-state index is 12.6. The molecule has 2 aromatic carbocycles. The summed E-state index contributed by atoms with van der Waals surface area (Å²) in [5, 5.41) is 0. The molecule has 1 aliphatic heterocycles. The van der Waals surface area contributed by atoms with Crippen LogP contribution in [0.25, 0.3) is 0 Å². The number of amides is 2. The van der Waals surface area contributed by atoms with Gasteiger partial charge in [0, 0.05) is 24.5 Å². The van der Waals surface area contributed by atoms with E-state index in [1.165, 1.54) is 4.90 Å². The number of para-hydroxylation sites is 2. The molecule has 118 valence electrons. The maximum Gasteiger partial charge on any atom is 0.236 e. The SMILES string of the molecule is CC1Cc2ccccc2N1C(=O)CC(=O)N(C)c1ccccc1. The van der Waals surface area contributed by atoms with Crippen LogP contribution in [0.3, 0.4) is 0 Å². The molecular formula is C19H20N2O2. The molecule has 0 fully saturated rings. The minimum atomic E-state index is -0.196. The van der Waals surface area contributed by atoms with Gasteiger partial charge in [-0.2, -0.15) is 0 Å². The molecule has 0 N–H and O–H groups in total. The number of fused-ring (bicyclic) bond motifs is 1.